The number of carbonyl (C=O) groups excluding carboxylic acids is 2. The molecule has 0 saturated carbocycles. The van der Waals surface area contributed by atoms with Crippen molar-refractivity contribution >= 4 is 17.8 Å². The lowest BCUT2D eigenvalue weighted by atomic mass is 9.84. The quantitative estimate of drug-likeness (QED) is 0.603. The molecule has 0 aliphatic carbocycles. The summed E-state index contributed by atoms with van der Waals surface area (Å²) in [4.78, 5) is 32.5. The number of nitrogens with zero attached hydrogens (tertiary/aromatic N) is 1. The van der Waals surface area contributed by atoms with Crippen LogP contribution in [0, 0.1) is 0 Å². The third-order valence-electron chi connectivity index (χ3n) is 6.09. The van der Waals surface area contributed by atoms with E-state index in [4.69, 9.17) is 14.3 Å². The van der Waals surface area contributed by atoms with Crippen LogP contribution in [0.2, 0.25) is 0 Å². The van der Waals surface area contributed by atoms with Crippen molar-refractivity contribution in [1.29, 1.82) is 0 Å². The number of hydrogen-bond acceptors (Lipinski definition) is 6. The molecular formula is C23H30N2O5. The summed E-state index contributed by atoms with van der Waals surface area (Å²) in [7, 11) is 2.11. The fourth-order valence-electron chi connectivity index (χ4n) is 4.33. The Kier molecular flexibility index (Phi) is 6.51. The first-order chi connectivity index (χ1) is 14.5. The number of hydrogen-bond donors (Lipinski definition) is 1. The SMILES string of the molecule is CN1CCCC2(CC1)CC(=O)c1cc(/C=C/C(=O)NOC3CCCCO3)ccc1O2. The molecular weight excluding hydrogens is 384 g/mol. The van der Waals surface area contributed by atoms with Crippen molar-refractivity contribution in [1.82, 2.24) is 10.4 Å². The molecule has 3 aliphatic heterocycles. The summed E-state index contributed by atoms with van der Waals surface area (Å²) in [5, 5.41) is 0. The van der Waals surface area contributed by atoms with Crippen LogP contribution in [0.3, 0.4) is 0 Å². The minimum atomic E-state index is -0.384. The molecule has 162 valence electrons. The van der Waals surface area contributed by atoms with E-state index in [0.717, 1.165) is 57.2 Å². The smallest absolute Gasteiger partial charge is 0.267 e. The highest BCUT2D eigenvalue weighted by molar-refractivity contribution is 6.01. The van der Waals surface area contributed by atoms with Gasteiger partial charge in [-0.3, -0.25) is 9.59 Å². The van der Waals surface area contributed by atoms with Crippen molar-refractivity contribution in [2.24, 2.45) is 0 Å². The first kappa shape index (κ1) is 21.0. The summed E-state index contributed by atoms with van der Waals surface area (Å²) in [6, 6.07) is 5.50. The predicted molar refractivity (Wildman–Crippen MR) is 112 cm³/mol. The lowest BCUT2D eigenvalue weighted by Gasteiger charge is -2.37. The standard InChI is InChI=1S/C23H30N2O5/c1-25-12-4-10-23(11-13-25)16-19(26)18-15-17(6-8-20(18)29-23)7-9-21(27)24-30-22-5-2-3-14-28-22/h6-9,15,22H,2-5,10-14,16H2,1H3,(H,24,27)/b9-7+. The number of benzene rings is 1. The molecule has 3 heterocycles. The Bertz CT molecular complexity index is 818. The van der Waals surface area contributed by atoms with Crippen LogP contribution in [0.15, 0.2) is 24.3 Å². The average molecular weight is 415 g/mol. The Balaban J connectivity index is 1.38. The number of ether oxygens (including phenoxy) is 2. The monoisotopic (exact) mass is 414 g/mol. The highest BCUT2D eigenvalue weighted by atomic mass is 16.8. The van der Waals surface area contributed by atoms with Crippen LogP contribution < -0.4 is 10.2 Å². The lowest BCUT2D eigenvalue weighted by Crippen LogP contribution is -2.42. The summed E-state index contributed by atoms with van der Waals surface area (Å²) in [5.74, 6) is 0.388. The first-order valence-electron chi connectivity index (χ1n) is 10.8. The van der Waals surface area contributed by atoms with Gasteiger partial charge in [0.1, 0.15) is 11.4 Å². The molecule has 1 amide bonds. The lowest BCUT2D eigenvalue weighted by molar-refractivity contribution is -0.198. The number of carbonyl (C=O) groups is 2. The Morgan fingerprint density at radius 1 is 1.27 bits per heavy atom. The summed E-state index contributed by atoms with van der Waals surface area (Å²) in [6.07, 6.45) is 8.70. The first-order valence-corrected chi connectivity index (χ1v) is 10.8. The summed E-state index contributed by atoms with van der Waals surface area (Å²) < 4.78 is 11.8. The van der Waals surface area contributed by atoms with E-state index in [0.29, 0.717) is 24.3 Å². The molecule has 2 atom stereocenters. The second-order valence-electron chi connectivity index (χ2n) is 8.51. The van der Waals surface area contributed by atoms with E-state index in [-0.39, 0.29) is 23.6 Å². The van der Waals surface area contributed by atoms with Gasteiger partial charge in [-0.25, -0.2) is 10.3 Å². The van der Waals surface area contributed by atoms with Crippen molar-refractivity contribution in [3.05, 3.63) is 35.4 Å². The van der Waals surface area contributed by atoms with Crippen molar-refractivity contribution in [3.8, 4) is 5.75 Å². The number of Topliss-reactive ketones (excluding diaryl/α,β-unsaturated/α-hetero) is 1. The normalized spacial score (nSPS) is 27.5. The zero-order valence-electron chi connectivity index (χ0n) is 17.5. The van der Waals surface area contributed by atoms with Crippen LogP contribution in [0.4, 0.5) is 0 Å². The third kappa shape index (κ3) is 5.09. The van der Waals surface area contributed by atoms with Gasteiger partial charge in [0.05, 0.1) is 12.0 Å². The number of rotatable bonds is 4. The molecule has 2 fully saturated rings. The molecule has 7 heteroatoms. The summed E-state index contributed by atoms with van der Waals surface area (Å²) in [6.45, 7) is 2.63. The molecule has 4 rings (SSSR count). The van der Waals surface area contributed by atoms with Crippen LogP contribution in [-0.4, -0.2) is 55.2 Å². The molecule has 30 heavy (non-hydrogen) atoms. The highest BCUT2D eigenvalue weighted by Gasteiger charge is 2.41. The van der Waals surface area contributed by atoms with Gasteiger partial charge in [0, 0.05) is 32.1 Å². The van der Waals surface area contributed by atoms with Gasteiger partial charge >= 0.3 is 0 Å². The van der Waals surface area contributed by atoms with E-state index < -0.39 is 0 Å². The fourth-order valence-corrected chi connectivity index (χ4v) is 4.33. The molecule has 2 saturated heterocycles. The van der Waals surface area contributed by atoms with Crippen LogP contribution in [0.5, 0.6) is 5.75 Å². The van der Waals surface area contributed by atoms with E-state index in [1.54, 1.807) is 12.1 Å². The fraction of sp³-hybridized carbons (Fsp3) is 0.565. The van der Waals surface area contributed by atoms with Crippen molar-refractivity contribution in [2.75, 3.05) is 26.7 Å². The molecule has 0 aromatic heterocycles. The number of amides is 1. The van der Waals surface area contributed by atoms with Gasteiger partial charge in [0.2, 0.25) is 0 Å². The largest absolute Gasteiger partial charge is 0.486 e. The van der Waals surface area contributed by atoms with E-state index in [9.17, 15) is 9.59 Å². The maximum absolute atomic E-state index is 12.9. The number of likely N-dealkylation sites (tertiary alicyclic amines) is 1. The van der Waals surface area contributed by atoms with Crippen LogP contribution in [0.25, 0.3) is 6.08 Å². The van der Waals surface area contributed by atoms with E-state index in [2.05, 4.69) is 17.4 Å². The van der Waals surface area contributed by atoms with Gasteiger partial charge < -0.3 is 14.4 Å². The molecule has 1 aromatic rings. The minimum absolute atomic E-state index is 0.110. The predicted octanol–water partition coefficient (Wildman–Crippen LogP) is 3.09. The Hall–Kier alpha value is -2.22. The number of nitrogens with one attached hydrogen (secondary N) is 1. The zero-order valence-corrected chi connectivity index (χ0v) is 17.5. The molecule has 3 aliphatic rings. The number of ketones is 1. The molecule has 0 radical (unpaired) electrons. The Morgan fingerprint density at radius 3 is 3.00 bits per heavy atom. The van der Waals surface area contributed by atoms with Gasteiger partial charge in [-0.05, 0) is 63.0 Å². The van der Waals surface area contributed by atoms with Crippen molar-refractivity contribution in [3.63, 3.8) is 0 Å². The second-order valence-corrected chi connectivity index (χ2v) is 8.51. The van der Waals surface area contributed by atoms with Gasteiger partial charge in [0.15, 0.2) is 12.1 Å². The molecule has 2 unspecified atom stereocenters. The third-order valence-corrected chi connectivity index (χ3v) is 6.09. The highest BCUT2D eigenvalue weighted by Crippen LogP contribution is 2.39. The van der Waals surface area contributed by atoms with Gasteiger partial charge in [0.25, 0.3) is 5.91 Å². The van der Waals surface area contributed by atoms with Crippen molar-refractivity contribution in [2.45, 2.75) is 56.8 Å². The maximum Gasteiger partial charge on any atom is 0.267 e. The molecule has 7 nitrogen and oxygen atoms in total. The van der Waals surface area contributed by atoms with Crippen molar-refractivity contribution < 1.29 is 23.9 Å². The minimum Gasteiger partial charge on any atom is -0.486 e. The Labute approximate surface area is 177 Å². The molecule has 1 N–H and O–H groups in total. The number of fused-ring (bicyclic) bond motifs is 1. The maximum atomic E-state index is 12.9. The molecule has 1 spiro atoms. The summed E-state index contributed by atoms with van der Waals surface area (Å²) >= 11 is 0. The van der Waals surface area contributed by atoms with E-state index >= 15 is 0 Å². The summed E-state index contributed by atoms with van der Waals surface area (Å²) in [5.41, 5.74) is 3.37. The second kappa shape index (κ2) is 9.29. The van der Waals surface area contributed by atoms with E-state index in [1.165, 1.54) is 6.08 Å². The van der Waals surface area contributed by atoms with Gasteiger partial charge in [-0.15, -0.1) is 0 Å². The number of hydroxylamine groups is 1. The Morgan fingerprint density at radius 2 is 2.17 bits per heavy atom. The van der Waals surface area contributed by atoms with Crippen LogP contribution in [-0.2, 0) is 14.4 Å². The van der Waals surface area contributed by atoms with E-state index in [1.807, 2.05) is 12.1 Å². The van der Waals surface area contributed by atoms with Gasteiger partial charge in [-0.2, -0.15) is 0 Å². The topological polar surface area (TPSA) is 77.1 Å². The van der Waals surface area contributed by atoms with Crippen LogP contribution >= 0.6 is 0 Å². The molecule has 1 aromatic carbocycles. The zero-order chi connectivity index (χ0) is 21.0. The van der Waals surface area contributed by atoms with Crippen LogP contribution in [0.1, 0.15) is 60.9 Å². The average Bonchev–Trinajstić information content (AvgIpc) is 2.93. The van der Waals surface area contributed by atoms with Gasteiger partial charge in [-0.1, -0.05) is 6.07 Å². The molecule has 0 bridgehead atoms.